The summed E-state index contributed by atoms with van der Waals surface area (Å²) in [4.78, 5) is 21.6. The molecular formula is C17H23N3O2. The van der Waals surface area contributed by atoms with Gasteiger partial charge in [-0.1, -0.05) is 29.8 Å². The van der Waals surface area contributed by atoms with E-state index in [4.69, 9.17) is 0 Å². The molecule has 0 spiro atoms. The number of nitrogens with one attached hydrogen (secondary N) is 1. The molecule has 0 bridgehead atoms. The number of H-pyrrole nitrogens is 1. The van der Waals surface area contributed by atoms with Gasteiger partial charge in [0.05, 0.1) is 31.0 Å². The number of hydrogen-bond acceptors (Lipinski definition) is 3. The number of nitrogens with zero attached hydrogens (tertiary/aromatic N) is 2. The number of carbonyl (C=O) groups excluding carboxylic acids is 1. The Morgan fingerprint density at radius 1 is 1.32 bits per heavy atom. The minimum Gasteiger partial charge on any atom is -0.395 e. The number of amides is 1. The molecule has 2 aromatic rings. The van der Waals surface area contributed by atoms with Gasteiger partial charge < -0.3 is 15.0 Å². The summed E-state index contributed by atoms with van der Waals surface area (Å²) < 4.78 is 0. The maximum absolute atomic E-state index is 12.7. The van der Waals surface area contributed by atoms with Crippen LogP contribution in [0, 0.1) is 13.8 Å². The van der Waals surface area contributed by atoms with Gasteiger partial charge >= 0.3 is 0 Å². The summed E-state index contributed by atoms with van der Waals surface area (Å²) in [5.41, 5.74) is 3.03. The van der Waals surface area contributed by atoms with Crippen LogP contribution in [0.1, 0.15) is 35.5 Å². The van der Waals surface area contributed by atoms with E-state index in [2.05, 4.69) is 9.97 Å². The Kier molecular flexibility index (Phi) is 5.33. The molecule has 0 aliphatic heterocycles. The molecule has 0 aliphatic carbocycles. The number of imidazole rings is 1. The number of carbonyl (C=O) groups is 1. The predicted molar refractivity (Wildman–Crippen MR) is 85.4 cm³/mol. The average Bonchev–Trinajstić information content (AvgIpc) is 2.91. The first kappa shape index (κ1) is 16.2. The van der Waals surface area contributed by atoms with Crippen molar-refractivity contribution in [3.8, 4) is 0 Å². The van der Waals surface area contributed by atoms with Crippen molar-refractivity contribution in [3.05, 3.63) is 53.1 Å². The Balaban J connectivity index is 2.12. The summed E-state index contributed by atoms with van der Waals surface area (Å²) >= 11 is 0. The SMILES string of the molecule is Cc1ccc(C(C)C(=O)N(CCO)Cc2cnc(C)[nH]2)cc1. The minimum absolute atomic E-state index is 0.00477. The molecule has 5 heteroatoms. The molecular weight excluding hydrogens is 278 g/mol. The molecule has 1 aromatic carbocycles. The van der Waals surface area contributed by atoms with Gasteiger partial charge in [0.15, 0.2) is 0 Å². The zero-order valence-electron chi connectivity index (χ0n) is 13.3. The van der Waals surface area contributed by atoms with E-state index in [1.807, 2.05) is 45.0 Å². The van der Waals surface area contributed by atoms with Crippen molar-refractivity contribution in [2.75, 3.05) is 13.2 Å². The van der Waals surface area contributed by atoms with E-state index in [1.54, 1.807) is 11.1 Å². The van der Waals surface area contributed by atoms with Crippen LogP contribution < -0.4 is 0 Å². The molecule has 2 N–H and O–H groups in total. The van der Waals surface area contributed by atoms with Crippen LogP contribution in [0.15, 0.2) is 30.5 Å². The van der Waals surface area contributed by atoms with Gasteiger partial charge in [-0.25, -0.2) is 4.98 Å². The van der Waals surface area contributed by atoms with Crippen molar-refractivity contribution in [2.45, 2.75) is 33.2 Å². The third kappa shape index (κ3) is 3.95. The minimum atomic E-state index is -0.240. The molecule has 0 saturated heterocycles. The molecule has 1 heterocycles. The summed E-state index contributed by atoms with van der Waals surface area (Å²) in [6, 6.07) is 7.98. The highest BCUT2D eigenvalue weighted by atomic mass is 16.3. The largest absolute Gasteiger partial charge is 0.395 e. The smallest absolute Gasteiger partial charge is 0.230 e. The Hall–Kier alpha value is -2.14. The second kappa shape index (κ2) is 7.22. The van der Waals surface area contributed by atoms with Crippen LogP contribution in [0.5, 0.6) is 0 Å². The van der Waals surface area contributed by atoms with Crippen molar-refractivity contribution in [2.24, 2.45) is 0 Å². The lowest BCUT2D eigenvalue weighted by Crippen LogP contribution is -2.36. The van der Waals surface area contributed by atoms with Gasteiger partial charge in [-0.2, -0.15) is 0 Å². The van der Waals surface area contributed by atoms with Gasteiger partial charge in [0.1, 0.15) is 5.82 Å². The first-order chi connectivity index (χ1) is 10.5. The molecule has 0 aliphatic rings. The van der Waals surface area contributed by atoms with E-state index in [0.717, 1.165) is 17.1 Å². The Morgan fingerprint density at radius 2 is 2.00 bits per heavy atom. The number of aliphatic hydroxyl groups is 1. The fourth-order valence-corrected chi connectivity index (χ4v) is 2.42. The number of benzene rings is 1. The summed E-state index contributed by atoms with van der Waals surface area (Å²) in [5, 5.41) is 9.24. The summed E-state index contributed by atoms with van der Waals surface area (Å²) in [7, 11) is 0. The summed E-state index contributed by atoms with van der Waals surface area (Å²) in [6.45, 7) is 6.48. The molecule has 118 valence electrons. The molecule has 0 fully saturated rings. The lowest BCUT2D eigenvalue weighted by molar-refractivity contribution is -0.133. The molecule has 0 saturated carbocycles. The van der Waals surface area contributed by atoms with Crippen LogP contribution in [-0.4, -0.2) is 39.0 Å². The third-order valence-electron chi connectivity index (χ3n) is 3.75. The highest BCUT2D eigenvalue weighted by Crippen LogP contribution is 2.19. The second-order valence-electron chi connectivity index (χ2n) is 5.61. The summed E-state index contributed by atoms with van der Waals surface area (Å²) in [6.07, 6.45) is 1.73. The van der Waals surface area contributed by atoms with Crippen molar-refractivity contribution in [1.82, 2.24) is 14.9 Å². The van der Waals surface area contributed by atoms with Gasteiger partial charge in [-0.15, -0.1) is 0 Å². The number of rotatable bonds is 6. The molecule has 1 atom stereocenters. The van der Waals surface area contributed by atoms with Crippen LogP contribution in [0.3, 0.4) is 0 Å². The second-order valence-corrected chi connectivity index (χ2v) is 5.61. The van der Waals surface area contributed by atoms with Gasteiger partial charge in [-0.3, -0.25) is 4.79 Å². The van der Waals surface area contributed by atoms with Gasteiger partial charge in [0.2, 0.25) is 5.91 Å². The molecule has 5 nitrogen and oxygen atoms in total. The van der Waals surface area contributed by atoms with Crippen LogP contribution in [0.2, 0.25) is 0 Å². The van der Waals surface area contributed by atoms with E-state index in [1.165, 1.54) is 5.56 Å². The zero-order valence-corrected chi connectivity index (χ0v) is 13.3. The van der Waals surface area contributed by atoms with E-state index in [-0.39, 0.29) is 18.4 Å². The van der Waals surface area contributed by atoms with Gasteiger partial charge in [-0.05, 0) is 26.3 Å². The molecule has 1 unspecified atom stereocenters. The van der Waals surface area contributed by atoms with Crippen LogP contribution in [0.25, 0.3) is 0 Å². The van der Waals surface area contributed by atoms with Crippen LogP contribution in [-0.2, 0) is 11.3 Å². The van der Waals surface area contributed by atoms with E-state index in [0.29, 0.717) is 13.1 Å². The number of hydrogen-bond donors (Lipinski definition) is 2. The molecule has 1 amide bonds. The van der Waals surface area contributed by atoms with E-state index < -0.39 is 0 Å². The van der Waals surface area contributed by atoms with E-state index in [9.17, 15) is 9.90 Å². The number of aryl methyl sites for hydroxylation is 2. The lowest BCUT2D eigenvalue weighted by Gasteiger charge is -2.25. The lowest BCUT2D eigenvalue weighted by atomic mass is 9.98. The molecule has 0 radical (unpaired) electrons. The first-order valence-electron chi connectivity index (χ1n) is 7.48. The standard InChI is InChI=1S/C17H23N3O2/c1-12-4-6-15(7-5-12)13(2)17(22)20(8-9-21)11-16-10-18-14(3)19-16/h4-7,10,13,21H,8-9,11H2,1-3H3,(H,18,19). The molecule has 22 heavy (non-hydrogen) atoms. The number of aliphatic hydroxyl groups excluding tert-OH is 1. The fraction of sp³-hybridized carbons (Fsp3) is 0.412. The normalized spacial score (nSPS) is 12.2. The monoisotopic (exact) mass is 301 g/mol. The van der Waals surface area contributed by atoms with Crippen LogP contribution >= 0.6 is 0 Å². The van der Waals surface area contributed by atoms with E-state index >= 15 is 0 Å². The van der Waals surface area contributed by atoms with Gasteiger partial charge in [0, 0.05) is 6.54 Å². The highest BCUT2D eigenvalue weighted by Gasteiger charge is 2.22. The quantitative estimate of drug-likeness (QED) is 0.859. The maximum Gasteiger partial charge on any atom is 0.230 e. The highest BCUT2D eigenvalue weighted by molar-refractivity contribution is 5.83. The Labute approximate surface area is 131 Å². The van der Waals surface area contributed by atoms with Crippen LogP contribution in [0.4, 0.5) is 0 Å². The Morgan fingerprint density at radius 3 is 2.55 bits per heavy atom. The topological polar surface area (TPSA) is 69.2 Å². The number of aromatic amines is 1. The third-order valence-corrected chi connectivity index (χ3v) is 3.75. The fourth-order valence-electron chi connectivity index (χ4n) is 2.42. The molecule has 2 rings (SSSR count). The van der Waals surface area contributed by atoms with Crippen molar-refractivity contribution in [1.29, 1.82) is 0 Å². The van der Waals surface area contributed by atoms with Gasteiger partial charge in [0.25, 0.3) is 0 Å². The number of aromatic nitrogens is 2. The average molecular weight is 301 g/mol. The molecule has 1 aromatic heterocycles. The zero-order chi connectivity index (χ0) is 16.1. The maximum atomic E-state index is 12.7. The predicted octanol–water partition coefficient (Wildman–Crippen LogP) is 2.15. The van der Waals surface area contributed by atoms with Crippen molar-refractivity contribution < 1.29 is 9.90 Å². The first-order valence-corrected chi connectivity index (χ1v) is 7.48. The van der Waals surface area contributed by atoms with Crippen molar-refractivity contribution in [3.63, 3.8) is 0 Å². The summed E-state index contributed by atoms with van der Waals surface area (Å²) in [5.74, 6) is 0.583. The van der Waals surface area contributed by atoms with Crippen molar-refractivity contribution >= 4 is 5.91 Å². The Bertz CT molecular complexity index is 619.